The van der Waals surface area contributed by atoms with Crippen molar-refractivity contribution in [3.05, 3.63) is 77.4 Å². The first-order valence-electron chi connectivity index (χ1n) is 8.68. The van der Waals surface area contributed by atoms with Crippen LogP contribution in [0.3, 0.4) is 0 Å². The van der Waals surface area contributed by atoms with E-state index in [2.05, 4.69) is 20.8 Å². The monoisotopic (exact) mass is 362 g/mol. The highest BCUT2D eigenvalue weighted by Gasteiger charge is 2.06. The Morgan fingerprint density at radius 1 is 0.889 bits per heavy atom. The fourth-order valence-corrected chi connectivity index (χ4v) is 2.51. The van der Waals surface area contributed by atoms with Gasteiger partial charge in [-0.25, -0.2) is 0 Å². The first-order valence-corrected chi connectivity index (χ1v) is 8.68. The maximum absolute atomic E-state index is 12.1. The average Bonchev–Trinajstić information content (AvgIpc) is 2.69. The first-order chi connectivity index (χ1) is 13.1. The number of anilines is 2. The maximum Gasteiger partial charge on any atom is 0.229 e. The van der Waals surface area contributed by atoms with Crippen molar-refractivity contribution in [3.8, 4) is 5.75 Å². The molecule has 0 aliphatic rings. The Labute approximate surface area is 158 Å². The van der Waals surface area contributed by atoms with E-state index in [0.29, 0.717) is 24.6 Å². The minimum atomic E-state index is -0.118. The van der Waals surface area contributed by atoms with Gasteiger partial charge in [0.05, 0.1) is 13.5 Å². The molecule has 1 heterocycles. The fourth-order valence-electron chi connectivity index (χ4n) is 2.51. The van der Waals surface area contributed by atoms with Gasteiger partial charge in [0.15, 0.2) is 5.82 Å². The van der Waals surface area contributed by atoms with Gasteiger partial charge in [0.1, 0.15) is 11.6 Å². The number of rotatable bonds is 7. The summed E-state index contributed by atoms with van der Waals surface area (Å²) in [6.07, 6.45) is 0.305. The van der Waals surface area contributed by atoms with Crippen LogP contribution in [0.1, 0.15) is 16.7 Å². The van der Waals surface area contributed by atoms with Gasteiger partial charge in [-0.3, -0.25) is 4.79 Å². The Morgan fingerprint density at radius 3 is 2.15 bits per heavy atom. The van der Waals surface area contributed by atoms with Crippen molar-refractivity contribution < 1.29 is 9.53 Å². The molecule has 0 spiro atoms. The molecule has 0 saturated heterocycles. The summed E-state index contributed by atoms with van der Waals surface area (Å²) in [7, 11) is 1.64. The molecule has 1 aromatic heterocycles. The number of carbonyl (C=O) groups excluding carboxylic acids is 1. The molecule has 6 nitrogen and oxygen atoms in total. The van der Waals surface area contributed by atoms with Crippen LogP contribution < -0.4 is 15.4 Å². The topological polar surface area (TPSA) is 76.1 Å². The smallest absolute Gasteiger partial charge is 0.229 e. The quantitative estimate of drug-likeness (QED) is 0.672. The van der Waals surface area contributed by atoms with E-state index in [4.69, 9.17) is 4.74 Å². The number of nitrogens with one attached hydrogen (secondary N) is 2. The number of nitrogens with zero attached hydrogens (tertiary/aromatic N) is 2. The zero-order valence-electron chi connectivity index (χ0n) is 15.4. The second kappa shape index (κ2) is 8.80. The molecule has 0 unspecified atom stereocenters. The molecule has 0 aliphatic carbocycles. The van der Waals surface area contributed by atoms with Crippen molar-refractivity contribution in [1.82, 2.24) is 10.2 Å². The minimum Gasteiger partial charge on any atom is -0.497 e. The highest BCUT2D eigenvalue weighted by molar-refractivity contribution is 5.91. The highest BCUT2D eigenvalue weighted by atomic mass is 16.5. The van der Waals surface area contributed by atoms with E-state index in [9.17, 15) is 4.79 Å². The molecule has 1 amide bonds. The Hall–Kier alpha value is -3.41. The Morgan fingerprint density at radius 2 is 1.52 bits per heavy atom. The molecular weight excluding hydrogens is 340 g/mol. The summed E-state index contributed by atoms with van der Waals surface area (Å²) in [5.41, 5.74) is 3.24. The molecule has 138 valence electrons. The summed E-state index contributed by atoms with van der Waals surface area (Å²) in [5, 5.41) is 14.1. The third kappa shape index (κ3) is 5.54. The van der Waals surface area contributed by atoms with Crippen molar-refractivity contribution in [2.45, 2.75) is 19.9 Å². The number of amides is 1. The number of aryl methyl sites for hydroxylation is 1. The van der Waals surface area contributed by atoms with Gasteiger partial charge in [-0.05, 0) is 42.3 Å². The predicted octanol–water partition coefficient (Wildman–Crippen LogP) is 3.59. The van der Waals surface area contributed by atoms with Crippen molar-refractivity contribution in [2.75, 3.05) is 17.7 Å². The normalized spacial score (nSPS) is 10.3. The number of ether oxygens (including phenoxy) is 1. The molecule has 3 aromatic rings. The summed E-state index contributed by atoms with van der Waals surface area (Å²) in [4.78, 5) is 12.1. The summed E-state index contributed by atoms with van der Waals surface area (Å²) in [6.45, 7) is 2.64. The van der Waals surface area contributed by atoms with Crippen LogP contribution >= 0.6 is 0 Å². The van der Waals surface area contributed by atoms with Crippen molar-refractivity contribution in [2.24, 2.45) is 0 Å². The fraction of sp³-hybridized carbons (Fsp3) is 0.190. The zero-order valence-corrected chi connectivity index (χ0v) is 15.4. The number of aromatic nitrogens is 2. The third-order valence-corrected chi connectivity index (χ3v) is 4.05. The number of hydrogen-bond donors (Lipinski definition) is 2. The minimum absolute atomic E-state index is 0.118. The van der Waals surface area contributed by atoms with E-state index in [1.807, 2.05) is 55.5 Å². The van der Waals surface area contributed by atoms with Gasteiger partial charge in [0, 0.05) is 6.54 Å². The average molecular weight is 362 g/mol. The zero-order chi connectivity index (χ0) is 19.1. The number of methoxy groups -OCH3 is 1. The molecule has 0 radical (unpaired) electrons. The number of hydrogen-bond acceptors (Lipinski definition) is 5. The number of carbonyl (C=O) groups is 1. The van der Waals surface area contributed by atoms with Gasteiger partial charge in [0.25, 0.3) is 0 Å². The van der Waals surface area contributed by atoms with Gasteiger partial charge in [-0.15, -0.1) is 10.2 Å². The molecule has 2 aromatic carbocycles. The van der Waals surface area contributed by atoms with Crippen LogP contribution in [0.25, 0.3) is 0 Å². The molecule has 6 heteroatoms. The molecule has 0 fully saturated rings. The lowest BCUT2D eigenvalue weighted by atomic mass is 10.1. The molecule has 0 saturated carbocycles. The molecule has 2 N–H and O–H groups in total. The van der Waals surface area contributed by atoms with Crippen LogP contribution in [0.4, 0.5) is 11.6 Å². The number of benzene rings is 2. The lowest BCUT2D eigenvalue weighted by Crippen LogP contribution is -2.16. The van der Waals surface area contributed by atoms with E-state index < -0.39 is 0 Å². The molecule has 3 rings (SSSR count). The molecule has 0 atom stereocenters. The van der Waals surface area contributed by atoms with E-state index in [0.717, 1.165) is 16.9 Å². The summed E-state index contributed by atoms with van der Waals surface area (Å²) >= 11 is 0. The maximum atomic E-state index is 12.1. The molecular formula is C21H22N4O2. The van der Waals surface area contributed by atoms with Crippen molar-refractivity contribution in [1.29, 1.82) is 0 Å². The van der Waals surface area contributed by atoms with Gasteiger partial charge < -0.3 is 15.4 Å². The van der Waals surface area contributed by atoms with E-state index in [-0.39, 0.29) is 5.91 Å². The van der Waals surface area contributed by atoms with Crippen LogP contribution in [0, 0.1) is 6.92 Å². The summed E-state index contributed by atoms with van der Waals surface area (Å²) < 4.78 is 5.14. The van der Waals surface area contributed by atoms with E-state index >= 15 is 0 Å². The third-order valence-electron chi connectivity index (χ3n) is 4.05. The SMILES string of the molecule is COc1ccc(CNc2ccc(NC(=O)Cc3ccc(C)cc3)nn2)cc1. The summed E-state index contributed by atoms with van der Waals surface area (Å²) in [5.74, 6) is 1.78. The van der Waals surface area contributed by atoms with Crippen molar-refractivity contribution in [3.63, 3.8) is 0 Å². The van der Waals surface area contributed by atoms with Crippen LogP contribution in [0.15, 0.2) is 60.7 Å². The van der Waals surface area contributed by atoms with Gasteiger partial charge in [0.2, 0.25) is 5.91 Å². The standard InChI is InChI=1S/C21H22N4O2/c1-15-3-5-16(6-4-15)13-21(26)23-20-12-11-19(24-25-20)22-14-17-7-9-18(27-2)10-8-17/h3-12H,13-14H2,1-2H3,(H,22,24)(H,23,25,26). The Kier molecular flexibility index (Phi) is 5.99. The van der Waals surface area contributed by atoms with Crippen molar-refractivity contribution >= 4 is 17.5 Å². The highest BCUT2D eigenvalue weighted by Crippen LogP contribution is 2.13. The molecule has 0 aliphatic heterocycles. The van der Waals surface area contributed by atoms with E-state index in [1.165, 1.54) is 5.56 Å². The lowest BCUT2D eigenvalue weighted by molar-refractivity contribution is -0.115. The first kappa shape index (κ1) is 18.4. The van der Waals surface area contributed by atoms with Crippen LogP contribution in [-0.2, 0) is 17.8 Å². The predicted molar refractivity (Wildman–Crippen MR) is 106 cm³/mol. The Balaban J connectivity index is 1.50. The van der Waals surface area contributed by atoms with Crippen LogP contribution in [0.5, 0.6) is 5.75 Å². The summed E-state index contributed by atoms with van der Waals surface area (Å²) in [6, 6.07) is 19.2. The largest absolute Gasteiger partial charge is 0.497 e. The lowest BCUT2D eigenvalue weighted by Gasteiger charge is -2.08. The Bertz CT molecular complexity index is 876. The van der Waals surface area contributed by atoms with Crippen LogP contribution in [-0.4, -0.2) is 23.2 Å². The second-order valence-corrected chi connectivity index (χ2v) is 6.22. The van der Waals surface area contributed by atoms with E-state index in [1.54, 1.807) is 19.2 Å². The molecule has 27 heavy (non-hydrogen) atoms. The molecule has 0 bridgehead atoms. The van der Waals surface area contributed by atoms with Gasteiger partial charge in [-0.1, -0.05) is 42.0 Å². The van der Waals surface area contributed by atoms with Gasteiger partial charge in [-0.2, -0.15) is 0 Å². The second-order valence-electron chi connectivity index (χ2n) is 6.22. The van der Waals surface area contributed by atoms with Crippen LogP contribution in [0.2, 0.25) is 0 Å². The van der Waals surface area contributed by atoms with Gasteiger partial charge >= 0.3 is 0 Å².